The van der Waals surface area contributed by atoms with Crippen molar-refractivity contribution in [2.75, 3.05) is 18.0 Å². The molecule has 0 amide bonds. The van der Waals surface area contributed by atoms with Gasteiger partial charge in [-0.3, -0.25) is 0 Å². The predicted molar refractivity (Wildman–Crippen MR) is 46.6 cm³/mol. The van der Waals surface area contributed by atoms with Crippen LogP contribution in [0, 0.1) is 17.7 Å². The summed E-state index contributed by atoms with van der Waals surface area (Å²) in [5.41, 5.74) is 0.369. The molecule has 1 nitrogen and oxygen atoms in total. The Labute approximate surface area is 76.0 Å². The molecule has 13 heavy (non-hydrogen) atoms. The number of halogens is 2. The molecule has 0 aromatic heterocycles. The quantitative estimate of drug-likeness (QED) is 0.644. The Morgan fingerprint density at radius 3 is 2.62 bits per heavy atom. The summed E-state index contributed by atoms with van der Waals surface area (Å²) in [6.45, 7) is 1.64. The summed E-state index contributed by atoms with van der Waals surface area (Å²) >= 11 is 0. The van der Waals surface area contributed by atoms with Gasteiger partial charge in [0, 0.05) is 25.2 Å². The van der Waals surface area contributed by atoms with Gasteiger partial charge in [0.05, 0.1) is 5.69 Å². The molecule has 1 aliphatic heterocycles. The van der Waals surface area contributed by atoms with Crippen molar-refractivity contribution >= 4 is 5.69 Å². The lowest BCUT2D eigenvalue weighted by Crippen LogP contribution is -2.19. The van der Waals surface area contributed by atoms with Crippen molar-refractivity contribution in [2.45, 2.75) is 12.8 Å². The van der Waals surface area contributed by atoms with Gasteiger partial charge < -0.3 is 4.90 Å². The van der Waals surface area contributed by atoms with Crippen molar-refractivity contribution in [1.82, 2.24) is 0 Å². The lowest BCUT2D eigenvalue weighted by atomic mass is 10.2. The van der Waals surface area contributed by atoms with Gasteiger partial charge in [0.25, 0.3) is 0 Å². The van der Waals surface area contributed by atoms with Crippen molar-refractivity contribution in [3.63, 3.8) is 0 Å². The summed E-state index contributed by atoms with van der Waals surface area (Å²) in [6, 6.07) is 4.46. The summed E-state index contributed by atoms with van der Waals surface area (Å²) in [5, 5.41) is 0. The van der Waals surface area contributed by atoms with Crippen LogP contribution in [0.4, 0.5) is 14.5 Å². The fourth-order valence-electron chi connectivity index (χ4n) is 1.64. The van der Waals surface area contributed by atoms with Gasteiger partial charge in [-0.05, 0) is 18.9 Å². The number of nitrogens with zero attached hydrogens (tertiary/aromatic N) is 1. The molecule has 0 spiro atoms. The van der Waals surface area contributed by atoms with Crippen LogP contribution in [0.2, 0.25) is 0 Å². The zero-order valence-electron chi connectivity index (χ0n) is 7.19. The Morgan fingerprint density at radius 2 is 1.92 bits per heavy atom. The van der Waals surface area contributed by atoms with Crippen molar-refractivity contribution < 1.29 is 8.78 Å². The minimum absolute atomic E-state index is 0.369. The molecule has 1 aromatic carbocycles. The van der Waals surface area contributed by atoms with Crippen LogP contribution in [0.1, 0.15) is 12.8 Å². The molecule has 1 fully saturated rings. The van der Waals surface area contributed by atoms with E-state index in [4.69, 9.17) is 0 Å². The van der Waals surface area contributed by atoms with E-state index in [-0.39, 0.29) is 5.82 Å². The second-order valence-electron chi connectivity index (χ2n) is 3.21. The highest BCUT2D eigenvalue weighted by molar-refractivity contribution is 5.48. The first-order valence-corrected chi connectivity index (χ1v) is 4.39. The van der Waals surface area contributed by atoms with Gasteiger partial charge in [0.1, 0.15) is 11.6 Å². The molecule has 0 unspecified atom stereocenters. The fourth-order valence-corrected chi connectivity index (χ4v) is 1.64. The summed E-state index contributed by atoms with van der Waals surface area (Å²) < 4.78 is 25.9. The lowest BCUT2D eigenvalue weighted by molar-refractivity contribution is 0.595. The molecule has 69 valence electrons. The first-order chi connectivity index (χ1) is 6.27. The highest BCUT2D eigenvalue weighted by Gasteiger charge is 2.16. The Balaban J connectivity index is 2.32. The Hall–Kier alpha value is -1.12. The average Bonchev–Trinajstić information content (AvgIpc) is 2.61. The van der Waals surface area contributed by atoms with Crippen molar-refractivity contribution in [3.8, 4) is 0 Å². The summed E-state index contributed by atoms with van der Waals surface area (Å²) in [6.07, 6.45) is 2.11. The van der Waals surface area contributed by atoms with Crippen LogP contribution < -0.4 is 4.90 Å². The smallest absolute Gasteiger partial charge is 0.147 e. The lowest BCUT2D eigenvalue weighted by Gasteiger charge is -2.17. The molecule has 1 aliphatic rings. The van der Waals surface area contributed by atoms with Gasteiger partial charge in [-0.25, -0.2) is 8.78 Å². The van der Waals surface area contributed by atoms with E-state index in [1.807, 2.05) is 4.90 Å². The standard InChI is InChI=1S/C10H10F2N/c11-8-3-4-9(12)10(7-8)13-5-1-2-6-13/h4,7H,1-2,5-6H2. The van der Waals surface area contributed by atoms with Crippen LogP contribution >= 0.6 is 0 Å². The second kappa shape index (κ2) is 3.32. The van der Waals surface area contributed by atoms with Gasteiger partial charge in [-0.15, -0.1) is 0 Å². The normalized spacial score (nSPS) is 16.6. The van der Waals surface area contributed by atoms with Crippen LogP contribution in [-0.2, 0) is 0 Å². The van der Waals surface area contributed by atoms with Gasteiger partial charge in [-0.2, -0.15) is 0 Å². The van der Waals surface area contributed by atoms with E-state index in [1.54, 1.807) is 0 Å². The van der Waals surface area contributed by atoms with E-state index in [1.165, 1.54) is 6.07 Å². The molecular formula is C10H10F2N. The molecule has 0 bridgehead atoms. The maximum Gasteiger partial charge on any atom is 0.147 e. The summed E-state index contributed by atoms with van der Waals surface area (Å²) in [4.78, 5) is 1.87. The van der Waals surface area contributed by atoms with Crippen molar-refractivity contribution in [3.05, 3.63) is 29.8 Å². The molecular weight excluding hydrogens is 172 g/mol. The number of hydrogen-bond donors (Lipinski definition) is 0. The third-order valence-electron chi connectivity index (χ3n) is 2.29. The third-order valence-corrected chi connectivity index (χ3v) is 2.29. The van der Waals surface area contributed by atoms with Gasteiger partial charge in [0.2, 0.25) is 0 Å². The van der Waals surface area contributed by atoms with Crippen LogP contribution in [0.5, 0.6) is 0 Å². The zero-order chi connectivity index (χ0) is 9.26. The van der Waals surface area contributed by atoms with Crippen LogP contribution in [0.3, 0.4) is 0 Å². The summed E-state index contributed by atoms with van der Waals surface area (Å²) in [5.74, 6) is -0.883. The van der Waals surface area contributed by atoms with Gasteiger partial charge >= 0.3 is 0 Å². The molecule has 2 rings (SSSR count). The molecule has 1 radical (unpaired) electrons. The molecule has 0 aliphatic carbocycles. The number of hydrogen-bond acceptors (Lipinski definition) is 1. The maximum absolute atomic E-state index is 13.2. The number of anilines is 1. The summed E-state index contributed by atoms with van der Waals surface area (Å²) in [7, 11) is 0. The maximum atomic E-state index is 13.2. The third kappa shape index (κ3) is 1.64. The van der Waals surface area contributed by atoms with Crippen molar-refractivity contribution in [1.29, 1.82) is 0 Å². The molecule has 3 heteroatoms. The number of benzene rings is 1. The predicted octanol–water partition coefficient (Wildman–Crippen LogP) is 2.37. The molecule has 1 aromatic rings. The van der Waals surface area contributed by atoms with Gasteiger partial charge in [-0.1, -0.05) is 0 Å². The Bertz CT molecular complexity index is 306. The fraction of sp³-hybridized carbons (Fsp3) is 0.400. The van der Waals surface area contributed by atoms with Crippen LogP contribution in [-0.4, -0.2) is 13.1 Å². The van der Waals surface area contributed by atoms with E-state index < -0.39 is 5.82 Å². The number of rotatable bonds is 1. The minimum Gasteiger partial charge on any atom is -0.369 e. The zero-order valence-corrected chi connectivity index (χ0v) is 7.19. The Kier molecular flexibility index (Phi) is 2.17. The average molecular weight is 182 g/mol. The van der Waals surface area contributed by atoms with Crippen LogP contribution in [0.15, 0.2) is 12.1 Å². The molecule has 0 N–H and O–H groups in total. The molecule has 1 saturated heterocycles. The topological polar surface area (TPSA) is 3.24 Å². The SMILES string of the molecule is Fc1[c]cc(F)c(N2CCCC2)c1. The molecule has 0 saturated carbocycles. The van der Waals surface area contributed by atoms with E-state index >= 15 is 0 Å². The second-order valence-corrected chi connectivity index (χ2v) is 3.21. The van der Waals surface area contributed by atoms with E-state index in [9.17, 15) is 8.78 Å². The first kappa shape index (κ1) is 8.48. The highest BCUT2D eigenvalue weighted by atomic mass is 19.1. The highest BCUT2D eigenvalue weighted by Crippen LogP contribution is 2.23. The monoisotopic (exact) mass is 182 g/mol. The van der Waals surface area contributed by atoms with E-state index in [0.29, 0.717) is 5.69 Å². The first-order valence-electron chi connectivity index (χ1n) is 4.39. The molecule has 1 heterocycles. The Morgan fingerprint density at radius 1 is 1.23 bits per heavy atom. The molecule has 0 atom stereocenters. The largest absolute Gasteiger partial charge is 0.369 e. The van der Waals surface area contributed by atoms with Gasteiger partial charge in [0.15, 0.2) is 0 Å². The van der Waals surface area contributed by atoms with Crippen LogP contribution in [0.25, 0.3) is 0 Å². The van der Waals surface area contributed by atoms with E-state index in [0.717, 1.165) is 32.0 Å². The minimum atomic E-state index is -0.497. The van der Waals surface area contributed by atoms with Crippen molar-refractivity contribution in [2.24, 2.45) is 0 Å². The van der Waals surface area contributed by atoms with E-state index in [2.05, 4.69) is 6.07 Å².